The molecule has 3 N–H and O–H groups in total. The lowest BCUT2D eigenvalue weighted by Gasteiger charge is -2.45. The SMILES string of the molecule is O[C@@H]1[C@@H](O)C2(CC2)C2(C[C@H]2O)OC12CC2. The zero-order valence-electron chi connectivity index (χ0n) is 8.52. The van der Waals surface area contributed by atoms with Gasteiger partial charge in [-0.2, -0.15) is 0 Å². The molecule has 4 nitrogen and oxygen atoms in total. The molecule has 0 bridgehead atoms. The number of hydrogen-bond donors (Lipinski definition) is 3. The predicted molar refractivity (Wildman–Crippen MR) is 50.1 cm³/mol. The van der Waals surface area contributed by atoms with Crippen molar-refractivity contribution in [2.24, 2.45) is 5.41 Å². The Bertz CT molecular complexity index is 333. The standard InChI is InChI=1S/C11H16O4/c12-6-5-11(6)9(1-2-9)7(13)8(14)10(15-11)3-4-10/h6-8,12-14H,1-5H2/t6-,7-,8-,11?/m1/s1. The smallest absolute Gasteiger partial charge is 0.109 e. The lowest BCUT2D eigenvalue weighted by molar-refractivity contribution is -0.243. The average molecular weight is 212 g/mol. The van der Waals surface area contributed by atoms with E-state index in [4.69, 9.17) is 4.74 Å². The summed E-state index contributed by atoms with van der Waals surface area (Å²) in [6.07, 6.45) is 2.13. The minimum Gasteiger partial charge on any atom is -0.390 e. The summed E-state index contributed by atoms with van der Waals surface area (Å²) in [7, 11) is 0. The second-order valence-electron chi connectivity index (χ2n) is 5.82. The third-order valence-electron chi connectivity index (χ3n) is 5.04. The molecule has 1 heterocycles. The highest BCUT2D eigenvalue weighted by molar-refractivity contribution is 5.31. The molecule has 4 heteroatoms. The maximum absolute atomic E-state index is 10.2. The molecular formula is C11H16O4. The number of fused-ring (bicyclic) bond motifs is 1. The van der Waals surface area contributed by atoms with E-state index in [1.54, 1.807) is 0 Å². The van der Waals surface area contributed by atoms with Gasteiger partial charge in [0.1, 0.15) is 11.7 Å². The molecule has 4 rings (SSSR count). The van der Waals surface area contributed by atoms with Crippen LogP contribution in [0.25, 0.3) is 0 Å². The van der Waals surface area contributed by atoms with Crippen LogP contribution in [0.15, 0.2) is 0 Å². The summed E-state index contributed by atoms with van der Waals surface area (Å²) in [6, 6.07) is 0. The molecule has 3 saturated carbocycles. The first-order valence-corrected chi connectivity index (χ1v) is 5.81. The van der Waals surface area contributed by atoms with Gasteiger partial charge in [-0.25, -0.2) is 0 Å². The van der Waals surface area contributed by atoms with E-state index in [0.717, 1.165) is 25.7 Å². The lowest BCUT2D eigenvalue weighted by Crippen LogP contribution is -2.59. The largest absolute Gasteiger partial charge is 0.390 e. The minimum absolute atomic E-state index is 0.334. The maximum atomic E-state index is 10.2. The highest BCUT2D eigenvalue weighted by Gasteiger charge is 2.82. The van der Waals surface area contributed by atoms with Gasteiger partial charge < -0.3 is 20.1 Å². The Kier molecular flexibility index (Phi) is 1.26. The normalized spacial score (nSPS) is 57.4. The third kappa shape index (κ3) is 0.781. The van der Waals surface area contributed by atoms with Gasteiger partial charge in [-0.05, 0) is 25.7 Å². The molecule has 84 valence electrons. The average Bonchev–Trinajstić information content (AvgIpc) is 3.00. The van der Waals surface area contributed by atoms with E-state index in [-0.39, 0.29) is 5.41 Å². The van der Waals surface area contributed by atoms with Gasteiger partial charge in [0.15, 0.2) is 0 Å². The van der Waals surface area contributed by atoms with Crippen molar-refractivity contribution in [3.8, 4) is 0 Å². The Hall–Kier alpha value is -0.160. The van der Waals surface area contributed by atoms with Crippen LogP contribution in [0.4, 0.5) is 0 Å². The van der Waals surface area contributed by atoms with Crippen LogP contribution < -0.4 is 0 Å². The quantitative estimate of drug-likeness (QED) is 0.509. The highest BCUT2D eigenvalue weighted by atomic mass is 16.6. The summed E-state index contributed by atoms with van der Waals surface area (Å²) < 4.78 is 6.00. The molecule has 1 unspecified atom stereocenters. The van der Waals surface area contributed by atoms with Crippen molar-refractivity contribution < 1.29 is 20.1 Å². The fourth-order valence-corrected chi connectivity index (χ4v) is 3.61. The highest BCUT2D eigenvalue weighted by Crippen LogP contribution is 2.74. The predicted octanol–water partition coefficient (Wildman–Crippen LogP) is -0.445. The first-order chi connectivity index (χ1) is 7.06. The Morgan fingerprint density at radius 3 is 1.93 bits per heavy atom. The first-order valence-electron chi connectivity index (χ1n) is 5.81. The van der Waals surface area contributed by atoms with Crippen LogP contribution in [-0.2, 0) is 4.74 Å². The molecular weight excluding hydrogens is 196 g/mol. The molecule has 3 spiro atoms. The molecule has 1 aliphatic heterocycles. The number of aliphatic hydroxyl groups excluding tert-OH is 3. The fourth-order valence-electron chi connectivity index (χ4n) is 3.61. The Morgan fingerprint density at radius 1 is 0.933 bits per heavy atom. The van der Waals surface area contributed by atoms with E-state index in [1.165, 1.54) is 0 Å². The summed E-state index contributed by atoms with van der Waals surface area (Å²) in [5.41, 5.74) is -1.37. The zero-order valence-corrected chi connectivity index (χ0v) is 8.52. The number of aliphatic hydroxyl groups is 3. The Morgan fingerprint density at radius 2 is 1.53 bits per heavy atom. The lowest BCUT2D eigenvalue weighted by atomic mass is 9.80. The summed E-state index contributed by atoms with van der Waals surface area (Å²) in [6.45, 7) is 0. The van der Waals surface area contributed by atoms with Gasteiger partial charge in [-0.15, -0.1) is 0 Å². The molecule has 15 heavy (non-hydrogen) atoms. The molecule has 0 amide bonds. The van der Waals surface area contributed by atoms with Gasteiger partial charge in [-0.1, -0.05) is 0 Å². The number of hydrogen-bond acceptors (Lipinski definition) is 4. The van der Waals surface area contributed by atoms with Crippen LogP contribution in [0.3, 0.4) is 0 Å². The summed E-state index contributed by atoms with van der Waals surface area (Å²) in [5.74, 6) is 0. The minimum atomic E-state index is -0.751. The molecule has 3 aliphatic carbocycles. The van der Waals surface area contributed by atoms with Crippen molar-refractivity contribution in [1.29, 1.82) is 0 Å². The fraction of sp³-hybridized carbons (Fsp3) is 1.00. The second-order valence-corrected chi connectivity index (χ2v) is 5.82. The Balaban J connectivity index is 1.76. The first kappa shape index (κ1) is 8.93. The monoisotopic (exact) mass is 212 g/mol. The number of rotatable bonds is 0. The molecule has 0 aromatic heterocycles. The van der Waals surface area contributed by atoms with Crippen molar-refractivity contribution in [3.05, 3.63) is 0 Å². The van der Waals surface area contributed by atoms with Crippen molar-refractivity contribution in [1.82, 2.24) is 0 Å². The van der Waals surface area contributed by atoms with Crippen LogP contribution in [0, 0.1) is 5.41 Å². The molecule has 0 radical (unpaired) electrons. The Labute approximate surface area is 87.9 Å². The second kappa shape index (κ2) is 2.12. The molecule has 4 fully saturated rings. The molecule has 4 aliphatic rings. The van der Waals surface area contributed by atoms with Gasteiger partial charge in [0.25, 0.3) is 0 Å². The van der Waals surface area contributed by atoms with E-state index in [9.17, 15) is 15.3 Å². The molecule has 1 saturated heterocycles. The number of ether oxygens (including phenoxy) is 1. The zero-order chi connectivity index (χ0) is 10.5. The summed E-state index contributed by atoms with van der Waals surface area (Å²) in [5, 5.41) is 30.0. The van der Waals surface area contributed by atoms with Crippen molar-refractivity contribution in [2.45, 2.75) is 61.6 Å². The van der Waals surface area contributed by atoms with E-state index in [2.05, 4.69) is 0 Å². The van der Waals surface area contributed by atoms with Crippen molar-refractivity contribution >= 4 is 0 Å². The molecule has 0 aromatic rings. The van der Waals surface area contributed by atoms with E-state index < -0.39 is 29.5 Å². The van der Waals surface area contributed by atoms with Crippen LogP contribution in [0.5, 0.6) is 0 Å². The van der Waals surface area contributed by atoms with Crippen molar-refractivity contribution in [2.75, 3.05) is 0 Å². The van der Waals surface area contributed by atoms with E-state index in [1.807, 2.05) is 0 Å². The molecule has 0 aromatic carbocycles. The van der Waals surface area contributed by atoms with Crippen LogP contribution >= 0.6 is 0 Å². The van der Waals surface area contributed by atoms with Crippen LogP contribution in [0.1, 0.15) is 32.1 Å². The van der Waals surface area contributed by atoms with Gasteiger partial charge in [0.05, 0.1) is 17.8 Å². The topological polar surface area (TPSA) is 69.9 Å². The van der Waals surface area contributed by atoms with Gasteiger partial charge in [-0.3, -0.25) is 0 Å². The maximum Gasteiger partial charge on any atom is 0.109 e. The molecule has 4 atom stereocenters. The van der Waals surface area contributed by atoms with Gasteiger partial charge >= 0.3 is 0 Å². The van der Waals surface area contributed by atoms with Gasteiger partial charge in [0, 0.05) is 11.8 Å². The van der Waals surface area contributed by atoms with E-state index >= 15 is 0 Å². The third-order valence-corrected chi connectivity index (χ3v) is 5.04. The van der Waals surface area contributed by atoms with Crippen molar-refractivity contribution in [3.63, 3.8) is 0 Å². The van der Waals surface area contributed by atoms with Gasteiger partial charge in [0.2, 0.25) is 0 Å². The summed E-state index contributed by atoms with van der Waals surface area (Å²) in [4.78, 5) is 0. The van der Waals surface area contributed by atoms with Crippen LogP contribution in [-0.4, -0.2) is 44.8 Å². The van der Waals surface area contributed by atoms with Crippen LogP contribution in [0.2, 0.25) is 0 Å². The van der Waals surface area contributed by atoms with E-state index in [0.29, 0.717) is 6.42 Å². The summed E-state index contributed by atoms with van der Waals surface area (Å²) >= 11 is 0.